The van der Waals surface area contributed by atoms with Crippen LogP contribution in [0.1, 0.15) is 42.5 Å². The van der Waals surface area contributed by atoms with Crippen LogP contribution in [0.5, 0.6) is 11.5 Å². The Kier molecular flexibility index (Phi) is 6.46. The fraction of sp³-hybridized carbons (Fsp3) is 0.333. The van der Waals surface area contributed by atoms with E-state index >= 15 is 0 Å². The van der Waals surface area contributed by atoms with E-state index in [1.54, 1.807) is 0 Å². The molecule has 1 unspecified atom stereocenters. The summed E-state index contributed by atoms with van der Waals surface area (Å²) in [6, 6.07) is 12.3. The van der Waals surface area contributed by atoms with Gasteiger partial charge in [-0.1, -0.05) is 48.4 Å². The van der Waals surface area contributed by atoms with Gasteiger partial charge in [0, 0.05) is 0 Å². The summed E-state index contributed by atoms with van der Waals surface area (Å²) in [5.41, 5.74) is 5.67. The molecule has 0 saturated carbocycles. The Labute approximate surface area is 170 Å². The minimum atomic E-state index is -1.64. The second kappa shape index (κ2) is 8.84. The van der Waals surface area contributed by atoms with Gasteiger partial charge in [0.25, 0.3) is 0 Å². The highest BCUT2D eigenvalue weighted by Crippen LogP contribution is 2.47. The third-order valence-electron chi connectivity index (χ3n) is 4.78. The number of allylic oxidation sites excluding steroid dienone is 3. The minimum Gasteiger partial charge on any atom is -0.409 e. The predicted octanol–water partition coefficient (Wildman–Crippen LogP) is 7.49. The maximum Gasteiger partial charge on any atom is 0.530 e. The molecule has 0 saturated heterocycles. The normalized spacial score (nSPS) is 16.5. The van der Waals surface area contributed by atoms with Crippen molar-refractivity contribution in [1.29, 1.82) is 0 Å². The average Bonchev–Trinajstić information content (AvgIpc) is 2.62. The van der Waals surface area contributed by atoms with Gasteiger partial charge in [-0.25, -0.2) is 0 Å². The Balaban J connectivity index is 1.85. The van der Waals surface area contributed by atoms with Crippen LogP contribution in [0.25, 0.3) is 0 Å². The summed E-state index contributed by atoms with van der Waals surface area (Å²) < 4.78 is 18.7. The zero-order chi connectivity index (χ0) is 20.3. The lowest BCUT2D eigenvalue weighted by Crippen LogP contribution is -2.06. The molecule has 1 atom stereocenters. The quantitative estimate of drug-likeness (QED) is 0.473. The average molecular weight is 396 g/mol. The number of aryl methyl sites for hydroxylation is 4. The summed E-state index contributed by atoms with van der Waals surface area (Å²) in [6.07, 6.45) is 5.33. The monoisotopic (exact) mass is 396 g/mol. The van der Waals surface area contributed by atoms with Crippen LogP contribution < -0.4 is 9.05 Å². The van der Waals surface area contributed by atoms with Crippen LogP contribution >= 0.6 is 8.60 Å². The van der Waals surface area contributed by atoms with Gasteiger partial charge in [0.15, 0.2) is 0 Å². The van der Waals surface area contributed by atoms with Crippen molar-refractivity contribution in [2.24, 2.45) is 5.92 Å². The topological polar surface area (TPSA) is 27.7 Å². The number of benzene rings is 2. The molecule has 3 nitrogen and oxygen atoms in total. The molecule has 0 bridgehead atoms. The lowest BCUT2D eigenvalue weighted by molar-refractivity contribution is 0.331. The van der Waals surface area contributed by atoms with Crippen LogP contribution in [0.4, 0.5) is 0 Å². The molecular weight excluding hydrogens is 367 g/mol. The molecular formula is C24H29O3P. The third-order valence-corrected chi connectivity index (χ3v) is 5.82. The molecule has 1 aliphatic rings. The highest BCUT2D eigenvalue weighted by Gasteiger charge is 2.24. The molecule has 2 aromatic rings. The van der Waals surface area contributed by atoms with E-state index in [2.05, 4.69) is 52.0 Å². The van der Waals surface area contributed by atoms with Crippen LogP contribution in [-0.4, -0.2) is 0 Å². The largest absolute Gasteiger partial charge is 0.530 e. The number of hydrogen-bond donors (Lipinski definition) is 0. The molecule has 0 spiro atoms. The van der Waals surface area contributed by atoms with Crippen molar-refractivity contribution in [2.75, 3.05) is 0 Å². The van der Waals surface area contributed by atoms with E-state index in [0.29, 0.717) is 5.92 Å². The SMILES string of the molecule is CC1=CC(C)CC=C1OP(Oc1ccc(C)cc1C)Oc1ccc(C)cc1C. The molecule has 0 aromatic heterocycles. The predicted molar refractivity (Wildman–Crippen MR) is 117 cm³/mol. The van der Waals surface area contributed by atoms with E-state index in [-0.39, 0.29) is 0 Å². The molecule has 0 radical (unpaired) electrons. The zero-order valence-corrected chi connectivity index (χ0v) is 18.5. The fourth-order valence-electron chi connectivity index (χ4n) is 3.24. The second-order valence-corrected chi connectivity index (χ2v) is 8.66. The lowest BCUT2D eigenvalue weighted by atomic mass is 9.98. The van der Waals surface area contributed by atoms with Gasteiger partial charge in [-0.2, -0.15) is 0 Å². The van der Waals surface area contributed by atoms with E-state index in [1.165, 1.54) is 11.1 Å². The molecule has 0 aliphatic heterocycles. The Morgan fingerprint density at radius 3 is 1.79 bits per heavy atom. The second-order valence-electron chi connectivity index (χ2n) is 7.67. The number of rotatable bonds is 6. The van der Waals surface area contributed by atoms with E-state index in [0.717, 1.165) is 40.4 Å². The molecule has 0 N–H and O–H groups in total. The molecule has 1 aliphatic carbocycles. The molecule has 4 heteroatoms. The van der Waals surface area contributed by atoms with E-state index in [1.807, 2.05) is 38.1 Å². The van der Waals surface area contributed by atoms with Crippen molar-refractivity contribution in [3.8, 4) is 11.5 Å². The summed E-state index contributed by atoms with van der Waals surface area (Å²) in [7, 11) is -1.64. The molecule has 2 aromatic carbocycles. The summed E-state index contributed by atoms with van der Waals surface area (Å²) in [5, 5.41) is 0. The van der Waals surface area contributed by atoms with Gasteiger partial charge in [0.2, 0.25) is 0 Å². The first-order valence-corrected chi connectivity index (χ1v) is 10.8. The van der Waals surface area contributed by atoms with Crippen molar-refractivity contribution < 1.29 is 13.6 Å². The van der Waals surface area contributed by atoms with Gasteiger partial charge >= 0.3 is 8.60 Å². The van der Waals surface area contributed by atoms with Crippen molar-refractivity contribution in [1.82, 2.24) is 0 Å². The van der Waals surface area contributed by atoms with E-state index in [9.17, 15) is 0 Å². The molecule has 148 valence electrons. The summed E-state index contributed by atoms with van der Waals surface area (Å²) in [6.45, 7) is 12.5. The smallest absolute Gasteiger partial charge is 0.409 e. The minimum absolute atomic E-state index is 0.527. The molecule has 3 rings (SSSR count). The lowest BCUT2D eigenvalue weighted by Gasteiger charge is -2.23. The Hall–Kier alpha value is -2.25. The zero-order valence-electron chi connectivity index (χ0n) is 17.6. The van der Waals surface area contributed by atoms with Crippen molar-refractivity contribution in [2.45, 2.75) is 48.0 Å². The third kappa shape index (κ3) is 5.17. The Morgan fingerprint density at radius 1 is 0.786 bits per heavy atom. The highest BCUT2D eigenvalue weighted by molar-refractivity contribution is 7.42. The molecule has 0 fully saturated rings. The molecule has 28 heavy (non-hydrogen) atoms. The standard InChI is InChI=1S/C24H29O3P/c1-16-7-10-22(19(4)13-16)25-28(26-23-11-8-17(2)14-20(23)5)27-24-12-9-18(3)15-21(24)6/h7-8,10-15,18H,9H2,1-6H3. The van der Waals surface area contributed by atoms with Crippen LogP contribution in [0.2, 0.25) is 0 Å². The van der Waals surface area contributed by atoms with Gasteiger partial charge in [-0.3, -0.25) is 0 Å². The molecule has 0 heterocycles. The van der Waals surface area contributed by atoms with Crippen molar-refractivity contribution in [3.05, 3.63) is 82.1 Å². The van der Waals surface area contributed by atoms with Gasteiger partial charge in [-0.15, -0.1) is 0 Å². The Bertz CT molecular complexity index is 861. The van der Waals surface area contributed by atoms with Crippen LogP contribution in [0.3, 0.4) is 0 Å². The summed E-state index contributed by atoms with van der Waals surface area (Å²) in [5.74, 6) is 2.94. The van der Waals surface area contributed by atoms with Gasteiger partial charge in [0.1, 0.15) is 17.3 Å². The number of hydrogen-bond acceptors (Lipinski definition) is 3. The van der Waals surface area contributed by atoms with E-state index in [4.69, 9.17) is 13.6 Å². The first kappa shape index (κ1) is 20.5. The van der Waals surface area contributed by atoms with E-state index < -0.39 is 8.60 Å². The maximum absolute atomic E-state index is 6.24. The van der Waals surface area contributed by atoms with Crippen molar-refractivity contribution >= 4 is 8.60 Å². The molecule has 0 amide bonds. The Morgan fingerprint density at radius 2 is 1.32 bits per heavy atom. The van der Waals surface area contributed by atoms with Gasteiger partial charge in [0.05, 0.1) is 0 Å². The van der Waals surface area contributed by atoms with Crippen LogP contribution in [0.15, 0.2) is 59.9 Å². The summed E-state index contributed by atoms with van der Waals surface area (Å²) in [4.78, 5) is 0. The van der Waals surface area contributed by atoms with Crippen molar-refractivity contribution in [3.63, 3.8) is 0 Å². The fourth-order valence-corrected chi connectivity index (χ4v) is 4.46. The van der Waals surface area contributed by atoms with Crippen LogP contribution in [-0.2, 0) is 4.52 Å². The van der Waals surface area contributed by atoms with Crippen LogP contribution in [0, 0.1) is 33.6 Å². The highest BCUT2D eigenvalue weighted by atomic mass is 31.2. The first-order valence-electron chi connectivity index (χ1n) is 9.69. The first-order chi connectivity index (χ1) is 13.3. The van der Waals surface area contributed by atoms with Gasteiger partial charge < -0.3 is 13.6 Å². The van der Waals surface area contributed by atoms with Gasteiger partial charge in [-0.05, 0) is 81.9 Å². The summed E-state index contributed by atoms with van der Waals surface area (Å²) >= 11 is 0. The maximum atomic E-state index is 6.24.